The summed E-state index contributed by atoms with van der Waals surface area (Å²) in [6, 6.07) is 6.49. The van der Waals surface area contributed by atoms with E-state index in [2.05, 4.69) is 5.32 Å². The summed E-state index contributed by atoms with van der Waals surface area (Å²) in [5.41, 5.74) is 0.500. The zero-order valence-electron chi connectivity index (χ0n) is 12.8. The van der Waals surface area contributed by atoms with Crippen LogP contribution < -0.4 is 10.1 Å². The van der Waals surface area contributed by atoms with Gasteiger partial charge in [0, 0.05) is 24.7 Å². The molecule has 0 spiro atoms. The second-order valence-corrected chi connectivity index (χ2v) is 5.38. The van der Waals surface area contributed by atoms with Crippen molar-refractivity contribution < 1.29 is 24.2 Å². The molecule has 1 aromatic carbocycles. The fourth-order valence-corrected chi connectivity index (χ4v) is 2.39. The molecule has 124 valence electrons. The first kappa shape index (κ1) is 16.8. The minimum Gasteiger partial charge on any atom is -0.482 e. The van der Waals surface area contributed by atoms with E-state index in [4.69, 9.17) is 9.84 Å². The number of ether oxygens (including phenoxy) is 1. The maximum atomic E-state index is 12.1. The monoisotopic (exact) mass is 320 g/mol. The van der Waals surface area contributed by atoms with Crippen LogP contribution in [0.5, 0.6) is 5.75 Å². The summed E-state index contributed by atoms with van der Waals surface area (Å²) in [5, 5.41) is 11.3. The Labute approximate surface area is 134 Å². The highest BCUT2D eigenvalue weighted by Crippen LogP contribution is 2.17. The SMILES string of the molecule is O=C(O)COc1cccc(NC(=O)CN2CCCCCC2=O)c1. The molecule has 0 unspecified atom stereocenters. The minimum absolute atomic E-state index is 0.0104. The van der Waals surface area contributed by atoms with Crippen LogP contribution in [0.2, 0.25) is 0 Å². The summed E-state index contributed by atoms with van der Waals surface area (Å²) in [6.07, 6.45) is 3.29. The van der Waals surface area contributed by atoms with E-state index in [1.165, 1.54) is 0 Å². The van der Waals surface area contributed by atoms with Gasteiger partial charge in [0.2, 0.25) is 11.8 Å². The second kappa shape index (κ2) is 8.17. The number of aliphatic carboxylic acids is 1. The summed E-state index contributed by atoms with van der Waals surface area (Å²) in [7, 11) is 0. The van der Waals surface area contributed by atoms with Gasteiger partial charge in [0.15, 0.2) is 6.61 Å². The minimum atomic E-state index is -1.07. The third-order valence-corrected chi connectivity index (χ3v) is 3.49. The zero-order chi connectivity index (χ0) is 16.7. The van der Waals surface area contributed by atoms with E-state index in [-0.39, 0.29) is 18.4 Å². The van der Waals surface area contributed by atoms with Crippen molar-refractivity contribution >= 4 is 23.5 Å². The molecule has 1 aliphatic rings. The largest absolute Gasteiger partial charge is 0.482 e. The van der Waals surface area contributed by atoms with Crippen molar-refractivity contribution in [2.24, 2.45) is 0 Å². The lowest BCUT2D eigenvalue weighted by atomic mass is 10.2. The topological polar surface area (TPSA) is 95.9 Å². The van der Waals surface area contributed by atoms with Crippen LogP contribution in [0.15, 0.2) is 24.3 Å². The van der Waals surface area contributed by atoms with E-state index in [9.17, 15) is 14.4 Å². The van der Waals surface area contributed by atoms with Gasteiger partial charge in [-0.3, -0.25) is 9.59 Å². The summed E-state index contributed by atoms with van der Waals surface area (Å²) >= 11 is 0. The molecule has 2 rings (SSSR count). The molecule has 7 heteroatoms. The number of amides is 2. The average Bonchev–Trinajstić information content (AvgIpc) is 2.70. The Morgan fingerprint density at radius 1 is 1.26 bits per heavy atom. The lowest BCUT2D eigenvalue weighted by Crippen LogP contribution is -2.37. The Kier molecular flexibility index (Phi) is 5.96. The Morgan fingerprint density at radius 2 is 2.09 bits per heavy atom. The molecule has 1 heterocycles. The number of nitrogens with zero attached hydrogens (tertiary/aromatic N) is 1. The van der Waals surface area contributed by atoms with Crippen molar-refractivity contribution in [2.75, 3.05) is 25.0 Å². The highest BCUT2D eigenvalue weighted by molar-refractivity contribution is 5.94. The first-order valence-corrected chi connectivity index (χ1v) is 7.57. The van der Waals surface area contributed by atoms with Crippen LogP contribution in [-0.2, 0) is 14.4 Å². The average molecular weight is 320 g/mol. The summed E-state index contributed by atoms with van der Waals surface area (Å²) in [6.45, 7) is 0.187. The van der Waals surface area contributed by atoms with Gasteiger partial charge in [-0.05, 0) is 25.0 Å². The van der Waals surface area contributed by atoms with E-state index in [0.717, 1.165) is 19.3 Å². The molecule has 23 heavy (non-hydrogen) atoms. The third kappa shape index (κ3) is 5.61. The van der Waals surface area contributed by atoms with Crippen LogP contribution in [0.3, 0.4) is 0 Å². The summed E-state index contributed by atoms with van der Waals surface area (Å²) in [5.74, 6) is -0.984. The number of hydrogen-bond acceptors (Lipinski definition) is 4. The van der Waals surface area contributed by atoms with Crippen molar-refractivity contribution in [3.8, 4) is 5.75 Å². The van der Waals surface area contributed by atoms with Crippen molar-refractivity contribution in [1.82, 2.24) is 4.90 Å². The summed E-state index contributed by atoms with van der Waals surface area (Å²) in [4.78, 5) is 36.0. The van der Waals surface area contributed by atoms with Crippen LogP contribution in [0.1, 0.15) is 25.7 Å². The van der Waals surface area contributed by atoms with Gasteiger partial charge in [0.05, 0.1) is 6.54 Å². The van der Waals surface area contributed by atoms with Gasteiger partial charge >= 0.3 is 5.97 Å². The fraction of sp³-hybridized carbons (Fsp3) is 0.438. The van der Waals surface area contributed by atoms with Crippen LogP contribution in [0, 0.1) is 0 Å². The first-order chi connectivity index (χ1) is 11.0. The Hall–Kier alpha value is -2.57. The van der Waals surface area contributed by atoms with E-state index in [1.807, 2.05) is 0 Å². The van der Waals surface area contributed by atoms with Gasteiger partial charge in [-0.25, -0.2) is 4.79 Å². The van der Waals surface area contributed by atoms with Crippen LogP contribution in [-0.4, -0.2) is 47.5 Å². The number of nitrogens with one attached hydrogen (secondary N) is 1. The molecular formula is C16H20N2O5. The van der Waals surface area contributed by atoms with Crippen LogP contribution in [0.4, 0.5) is 5.69 Å². The third-order valence-electron chi connectivity index (χ3n) is 3.49. The maximum Gasteiger partial charge on any atom is 0.341 e. The normalized spacial score (nSPS) is 15.0. The summed E-state index contributed by atoms with van der Waals surface area (Å²) < 4.78 is 5.06. The molecule has 0 bridgehead atoms. The molecule has 0 aliphatic carbocycles. The van der Waals surface area contributed by atoms with Crippen molar-refractivity contribution in [1.29, 1.82) is 0 Å². The first-order valence-electron chi connectivity index (χ1n) is 7.57. The zero-order valence-corrected chi connectivity index (χ0v) is 12.8. The number of carboxylic acids is 1. The highest BCUT2D eigenvalue weighted by atomic mass is 16.5. The molecule has 0 atom stereocenters. The predicted octanol–water partition coefficient (Wildman–Crippen LogP) is 1.49. The lowest BCUT2D eigenvalue weighted by Gasteiger charge is -2.19. The lowest BCUT2D eigenvalue weighted by molar-refractivity contribution is -0.139. The molecule has 7 nitrogen and oxygen atoms in total. The number of carboxylic acid groups (broad SMARTS) is 1. The number of carbonyl (C=O) groups excluding carboxylic acids is 2. The molecule has 0 radical (unpaired) electrons. The maximum absolute atomic E-state index is 12.1. The van der Waals surface area contributed by atoms with E-state index in [0.29, 0.717) is 24.4 Å². The number of carbonyl (C=O) groups is 3. The Bertz CT molecular complexity index is 588. The highest BCUT2D eigenvalue weighted by Gasteiger charge is 2.19. The number of benzene rings is 1. The van der Waals surface area contributed by atoms with Crippen molar-refractivity contribution in [3.63, 3.8) is 0 Å². The number of rotatable bonds is 6. The molecule has 2 N–H and O–H groups in total. The molecule has 0 saturated carbocycles. The van der Waals surface area contributed by atoms with Crippen LogP contribution in [0.25, 0.3) is 0 Å². The molecule has 1 saturated heterocycles. The van der Waals surface area contributed by atoms with Gasteiger partial charge < -0.3 is 20.1 Å². The van der Waals surface area contributed by atoms with Crippen molar-refractivity contribution in [2.45, 2.75) is 25.7 Å². The van der Waals surface area contributed by atoms with E-state index in [1.54, 1.807) is 29.2 Å². The fourth-order valence-electron chi connectivity index (χ4n) is 2.39. The van der Waals surface area contributed by atoms with Gasteiger partial charge in [0.1, 0.15) is 5.75 Å². The molecule has 1 fully saturated rings. The number of likely N-dealkylation sites (tertiary alicyclic amines) is 1. The van der Waals surface area contributed by atoms with Gasteiger partial charge in [0.25, 0.3) is 0 Å². The standard InChI is InChI=1S/C16H20N2O5/c19-14(10-18-8-3-1-2-7-15(18)20)17-12-5-4-6-13(9-12)23-11-16(21)22/h4-6,9H,1-3,7-8,10-11H2,(H,17,19)(H,21,22). The molecule has 0 aromatic heterocycles. The Balaban J connectivity index is 1.90. The molecule has 2 amide bonds. The number of hydrogen-bond donors (Lipinski definition) is 2. The van der Waals surface area contributed by atoms with E-state index < -0.39 is 12.6 Å². The second-order valence-electron chi connectivity index (χ2n) is 5.38. The Morgan fingerprint density at radius 3 is 2.87 bits per heavy atom. The van der Waals surface area contributed by atoms with Gasteiger partial charge in [-0.1, -0.05) is 12.5 Å². The van der Waals surface area contributed by atoms with Gasteiger partial charge in [-0.15, -0.1) is 0 Å². The smallest absolute Gasteiger partial charge is 0.341 e. The van der Waals surface area contributed by atoms with Gasteiger partial charge in [-0.2, -0.15) is 0 Å². The predicted molar refractivity (Wildman–Crippen MR) is 83.3 cm³/mol. The van der Waals surface area contributed by atoms with Crippen molar-refractivity contribution in [3.05, 3.63) is 24.3 Å². The molecule has 1 aromatic rings. The number of anilines is 1. The quantitative estimate of drug-likeness (QED) is 0.828. The van der Waals surface area contributed by atoms with Crippen LogP contribution >= 0.6 is 0 Å². The molecule has 1 aliphatic heterocycles. The molecular weight excluding hydrogens is 300 g/mol. The van der Waals surface area contributed by atoms with E-state index >= 15 is 0 Å².